The van der Waals surface area contributed by atoms with E-state index in [2.05, 4.69) is 24.0 Å². The van der Waals surface area contributed by atoms with E-state index in [9.17, 15) is 4.79 Å². The van der Waals surface area contributed by atoms with Gasteiger partial charge in [-0.05, 0) is 30.2 Å². The fraction of sp³-hybridized carbons (Fsp3) is 0.125. The van der Waals surface area contributed by atoms with Crippen LogP contribution in [0.15, 0.2) is 48.8 Å². The molecule has 3 aromatic rings. The van der Waals surface area contributed by atoms with Crippen molar-refractivity contribution in [2.45, 2.75) is 13.3 Å². The number of hydrogen-bond donors (Lipinski definition) is 1. The van der Waals surface area contributed by atoms with Gasteiger partial charge in [0.1, 0.15) is 5.65 Å². The highest BCUT2D eigenvalue weighted by molar-refractivity contribution is 5.87. The van der Waals surface area contributed by atoms with Gasteiger partial charge >= 0.3 is 5.97 Å². The molecule has 0 aliphatic carbocycles. The van der Waals surface area contributed by atoms with E-state index in [1.807, 2.05) is 18.3 Å². The minimum atomic E-state index is -0.930. The minimum Gasteiger partial charge on any atom is -0.478 e. The van der Waals surface area contributed by atoms with Gasteiger partial charge in [-0.3, -0.25) is 0 Å². The molecule has 4 nitrogen and oxygen atoms in total. The third kappa shape index (κ3) is 2.28. The first-order valence-corrected chi connectivity index (χ1v) is 6.39. The summed E-state index contributed by atoms with van der Waals surface area (Å²) >= 11 is 0. The molecule has 0 radical (unpaired) electrons. The number of imidazole rings is 1. The first-order valence-electron chi connectivity index (χ1n) is 6.39. The Morgan fingerprint density at radius 3 is 2.75 bits per heavy atom. The van der Waals surface area contributed by atoms with Crippen LogP contribution in [0.1, 0.15) is 27.2 Å². The second-order valence-electron chi connectivity index (χ2n) is 4.82. The van der Waals surface area contributed by atoms with Gasteiger partial charge in [0.15, 0.2) is 0 Å². The lowest BCUT2D eigenvalue weighted by molar-refractivity contribution is 0.0696. The summed E-state index contributed by atoms with van der Waals surface area (Å²) in [6, 6.07) is 11.5. The molecule has 0 fully saturated rings. The van der Waals surface area contributed by atoms with Crippen LogP contribution in [0.2, 0.25) is 0 Å². The zero-order valence-electron chi connectivity index (χ0n) is 11.1. The van der Waals surface area contributed by atoms with Crippen LogP contribution in [0.4, 0.5) is 0 Å². The molecule has 1 aromatic carbocycles. The van der Waals surface area contributed by atoms with Crippen LogP contribution in [0.25, 0.3) is 5.65 Å². The number of nitrogens with zero attached hydrogens (tertiary/aromatic N) is 2. The molecule has 0 aliphatic rings. The molecule has 0 saturated carbocycles. The van der Waals surface area contributed by atoms with Crippen molar-refractivity contribution in [1.29, 1.82) is 0 Å². The molecule has 20 heavy (non-hydrogen) atoms. The molecule has 1 N–H and O–H groups in total. The van der Waals surface area contributed by atoms with Gasteiger partial charge in [0, 0.05) is 18.8 Å². The van der Waals surface area contributed by atoms with Gasteiger partial charge in [-0.2, -0.15) is 0 Å². The zero-order valence-corrected chi connectivity index (χ0v) is 11.1. The van der Waals surface area contributed by atoms with E-state index < -0.39 is 5.97 Å². The summed E-state index contributed by atoms with van der Waals surface area (Å²) in [5.41, 5.74) is 4.42. The first-order chi connectivity index (χ1) is 9.63. The molecule has 100 valence electrons. The maximum absolute atomic E-state index is 11.0. The Morgan fingerprint density at radius 1 is 1.20 bits per heavy atom. The lowest BCUT2D eigenvalue weighted by Gasteiger charge is -2.01. The molecule has 0 unspecified atom stereocenters. The normalized spacial score (nSPS) is 10.8. The SMILES string of the molecule is Cc1ccccc1Cc1cn2cc(C(=O)O)ccc2n1. The highest BCUT2D eigenvalue weighted by Gasteiger charge is 2.07. The fourth-order valence-electron chi connectivity index (χ4n) is 2.26. The van der Waals surface area contributed by atoms with E-state index in [1.54, 1.807) is 22.7 Å². The maximum Gasteiger partial charge on any atom is 0.337 e. The number of carbonyl (C=O) groups is 1. The lowest BCUT2D eigenvalue weighted by atomic mass is 10.0. The molecule has 2 aromatic heterocycles. The van der Waals surface area contributed by atoms with Crippen molar-refractivity contribution in [2.24, 2.45) is 0 Å². The molecule has 0 atom stereocenters. The molecule has 0 amide bonds. The van der Waals surface area contributed by atoms with Gasteiger partial charge in [0.05, 0.1) is 11.3 Å². The largest absolute Gasteiger partial charge is 0.478 e. The number of carboxylic acid groups (broad SMARTS) is 1. The summed E-state index contributed by atoms with van der Waals surface area (Å²) in [4.78, 5) is 15.5. The van der Waals surface area contributed by atoms with E-state index in [4.69, 9.17) is 5.11 Å². The molecule has 0 spiro atoms. The number of hydrogen-bond acceptors (Lipinski definition) is 2. The Bertz CT molecular complexity index is 790. The van der Waals surface area contributed by atoms with Crippen LogP contribution in [0.3, 0.4) is 0 Å². The minimum absolute atomic E-state index is 0.261. The van der Waals surface area contributed by atoms with Crippen LogP contribution >= 0.6 is 0 Å². The van der Waals surface area contributed by atoms with Crippen molar-refractivity contribution in [3.63, 3.8) is 0 Å². The van der Waals surface area contributed by atoms with Gasteiger partial charge < -0.3 is 9.51 Å². The third-order valence-electron chi connectivity index (χ3n) is 3.38. The molecule has 4 heteroatoms. The number of benzene rings is 1. The van der Waals surface area contributed by atoms with Crippen LogP contribution < -0.4 is 0 Å². The zero-order chi connectivity index (χ0) is 14.1. The Balaban J connectivity index is 1.97. The summed E-state index contributed by atoms with van der Waals surface area (Å²) in [6.45, 7) is 2.08. The smallest absolute Gasteiger partial charge is 0.337 e. The number of carboxylic acids is 1. The first kappa shape index (κ1) is 12.4. The van der Waals surface area contributed by atoms with E-state index >= 15 is 0 Å². The van der Waals surface area contributed by atoms with E-state index in [1.165, 1.54) is 11.1 Å². The van der Waals surface area contributed by atoms with Crippen LogP contribution in [-0.2, 0) is 6.42 Å². The molecule has 0 saturated heterocycles. The number of aromatic carboxylic acids is 1. The average Bonchev–Trinajstić information content (AvgIpc) is 2.82. The van der Waals surface area contributed by atoms with Gasteiger partial charge in [-0.1, -0.05) is 24.3 Å². The maximum atomic E-state index is 11.0. The Morgan fingerprint density at radius 2 is 2.00 bits per heavy atom. The highest BCUT2D eigenvalue weighted by atomic mass is 16.4. The Hall–Kier alpha value is -2.62. The molecular weight excluding hydrogens is 252 g/mol. The van der Waals surface area contributed by atoms with Gasteiger partial charge in [0.25, 0.3) is 0 Å². The van der Waals surface area contributed by atoms with E-state index in [0.29, 0.717) is 0 Å². The number of aromatic nitrogens is 2. The summed E-state index contributed by atoms with van der Waals surface area (Å²) in [5.74, 6) is -0.930. The second-order valence-corrected chi connectivity index (χ2v) is 4.82. The fourth-order valence-corrected chi connectivity index (χ4v) is 2.26. The molecular formula is C16H14N2O2. The second kappa shape index (κ2) is 4.81. The summed E-state index contributed by atoms with van der Waals surface area (Å²) < 4.78 is 1.76. The van der Waals surface area contributed by atoms with Crippen molar-refractivity contribution < 1.29 is 9.90 Å². The van der Waals surface area contributed by atoms with Crippen LogP contribution in [0.5, 0.6) is 0 Å². The van der Waals surface area contributed by atoms with Gasteiger partial charge in [-0.15, -0.1) is 0 Å². The molecule has 0 aliphatic heterocycles. The summed E-state index contributed by atoms with van der Waals surface area (Å²) in [6.07, 6.45) is 4.22. The molecule has 2 heterocycles. The third-order valence-corrected chi connectivity index (χ3v) is 3.38. The molecule has 0 bridgehead atoms. The summed E-state index contributed by atoms with van der Waals surface area (Å²) in [5, 5.41) is 8.99. The van der Waals surface area contributed by atoms with E-state index in [0.717, 1.165) is 17.8 Å². The molecule has 3 rings (SSSR count). The van der Waals surface area contributed by atoms with Crippen LogP contribution in [0, 0.1) is 6.92 Å². The van der Waals surface area contributed by atoms with E-state index in [-0.39, 0.29) is 5.56 Å². The number of pyridine rings is 1. The monoisotopic (exact) mass is 266 g/mol. The number of fused-ring (bicyclic) bond motifs is 1. The summed E-state index contributed by atoms with van der Waals surface area (Å²) in [7, 11) is 0. The lowest BCUT2D eigenvalue weighted by Crippen LogP contribution is -1.97. The van der Waals surface area contributed by atoms with Crippen molar-refractivity contribution in [2.75, 3.05) is 0 Å². The Kier molecular flexibility index (Phi) is 2.99. The predicted molar refractivity (Wildman–Crippen MR) is 76.1 cm³/mol. The number of rotatable bonds is 3. The topological polar surface area (TPSA) is 54.6 Å². The quantitative estimate of drug-likeness (QED) is 0.793. The highest BCUT2D eigenvalue weighted by Crippen LogP contribution is 2.14. The average molecular weight is 266 g/mol. The van der Waals surface area contributed by atoms with Crippen molar-refractivity contribution in [3.05, 3.63) is 71.2 Å². The van der Waals surface area contributed by atoms with Crippen molar-refractivity contribution in [1.82, 2.24) is 9.38 Å². The predicted octanol–water partition coefficient (Wildman–Crippen LogP) is 2.93. The van der Waals surface area contributed by atoms with Gasteiger partial charge in [0.2, 0.25) is 0 Å². The standard InChI is InChI=1S/C16H14N2O2/c1-11-4-2-3-5-12(11)8-14-10-18-9-13(16(19)20)6-7-15(18)17-14/h2-7,9-10H,8H2,1H3,(H,19,20). The van der Waals surface area contributed by atoms with Crippen molar-refractivity contribution >= 4 is 11.6 Å². The van der Waals surface area contributed by atoms with Crippen molar-refractivity contribution in [3.8, 4) is 0 Å². The van der Waals surface area contributed by atoms with Gasteiger partial charge in [-0.25, -0.2) is 9.78 Å². The van der Waals surface area contributed by atoms with Crippen LogP contribution in [-0.4, -0.2) is 20.5 Å². The number of aryl methyl sites for hydroxylation is 1. The Labute approximate surface area is 116 Å².